The van der Waals surface area contributed by atoms with Crippen LogP contribution in [0.1, 0.15) is 102 Å². The maximum absolute atomic E-state index is 11.9. The summed E-state index contributed by atoms with van der Waals surface area (Å²) in [4.78, 5) is 11.9. The van der Waals surface area contributed by atoms with Crippen molar-refractivity contribution >= 4 is 18.5 Å². The Labute approximate surface area is 184 Å². The molecule has 30 heavy (non-hydrogen) atoms. The first-order valence-corrected chi connectivity index (χ1v) is 12.0. The molecule has 0 aliphatic carbocycles. The van der Waals surface area contributed by atoms with Crippen LogP contribution >= 0.6 is 0 Å². The van der Waals surface area contributed by atoms with Gasteiger partial charge in [0.1, 0.15) is 0 Å². The zero-order valence-electron chi connectivity index (χ0n) is 19.0. The van der Waals surface area contributed by atoms with E-state index in [1.807, 2.05) is 0 Å². The predicted molar refractivity (Wildman–Crippen MR) is 128 cm³/mol. The Bertz CT molecular complexity index is 572. The number of rotatable bonds is 18. The normalized spacial score (nSPS) is 11.2. The smallest absolute Gasteiger partial charge is 0.423 e. The van der Waals surface area contributed by atoms with Crippen LogP contribution in [0.2, 0.25) is 0 Å². The fourth-order valence-corrected chi connectivity index (χ4v) is 3.45. The molecule has 0 atom stereocenters. The standard InChI is InChI=1S/C25H42BNO3/c1-2-3-4-5-6-7-8-9-10-11-12-13-14-15-16-17-25(28)27-22-23-18-20-24(21-19-23)26(29)30/h9-10,18-21,29-30H,2-8,11-17,22H2,1H3,(H,27,28). The van der Waals surface area contributed by atoms with E-state index in [1.165, 1.54) is 70.6 Å². The summed E-state index contributed by atoms with van der Waals surface area (Å²) >= 11 is 0. The van der Waals surface area contributed by atoms with E-state index >= 15 is 0 Å². The summed E-state index contributed by atoms with van der Waals surface area (Å²) in [6.07, 6.45) is 21.6. The highest BCUT2D eigenvalue weighted by atomic mass is 16.4. The lowest BCUT2D eigenvalue weighted by atomic mass is 9.80. The summed E-state index contributed by atoms with van der Waals surface area (Å²) in [5, 5.41) is 21.1. The van der Waals surface area contributed by atoms with Gasteiger partial charge in [0, 0.05) is 13.0 Å². The Morgan fingerprint density at radius 2 is 1.37 bits per heavy atom. The minimum Gasteiger partial charge on any atom is -0.423 e. The Morgan fingerprint density at radius 1 is 0.833 bits per heavy atom. The quantitative estimate of drug-likeness (QED) is 0.179. The third-order valence-electron chi connectivity index (χ3n) is 5.43. The molecule has 1 amide bonds. The van der Waals surface area contributed by atoms with E-state index < -0.39 is 7.12 Å². The highest BCUT2D eigenvalue weighted by molar-refractivity contribution is 6.58. The van der Waals surface area contributed by atoms with E-state index in [2.05, 4.69) is 24.4 Å². The third-order valence-corrected chi connectivity index (χ3v) is 5.43. The van der Waals surface area contributed by atoms with Crippen LogP contribution in [-0.4, -0.2) is 23.1 Å². The molecule has 0 heterocycles. The topological polar surface area (TPSA) is 69.6 Å². The molecule has 5 heteroatoms. The van der Waals surface area contributed by atoms with Crippen molar-refractivity contribution in [1.82, 2.24) is 5.32 Å². The molecule has 1 rings (SSSR count). The Morgan fingerprint density at radius 3 is 1.93 bits per heavy atom. The van der Waals surface area contributed by atoms with Crippen molar-refractivity contribution in [3.8, 4) is 0 Å². The van der Waals surface area contributed by atoms with Crippen molar-refractivity contribution in [2.75, 3.05) is 0 Å². The first-order valence-electron chi connectivity index (χ1n) is 12.0. The third kappa shape index (κ3) is 14.4. The zero-order valence-corrected chi connectivity index (χ0v) is 19.0. The van der Waals surface area contributed by atoms with Crippen molar-refractivity contribution in [2.24, 2.45) is 0 Å². The van der Waals surface area contributed by atoms with Gasteiger partial charge in [0.2, 0.25) is 5.91 Å². The van der Waals surface area contributed by atoms with Crippen LogP contribution in [0, 0.1) is 0 Å². The second kappa shape index (κ2) is 18.2. The average Bonchev–Trinajstić information content (AvgIpc) is 2.75. The Kier molecular flexibility index (Phi) is 16.1. The van der Waals surface area contributed by atoms with Crippen LogP contribution in [-0.2, 0) is 11.3 Å². The van der Waals surface area contributed by atoms with Gasteiger partial charge in [0.25, 0.3) is 0 Å². The van der Waals surface area contributed by atoms with Crippen LogP contribution in [0.5, 0.6) is 0 Å². The summed E-state index contributed by atoms with van der Waals surface area (Å²) in [5.41, 5.74) is 1.41. The molecule has 0 aliphatic heterocycles. The molecule has 3 N–H and O–H groups in total. The van der Waals surface area contributed by atoms with Gasteiger partial charge in [0.05, 0.1) is 0 Å². The molecule has 4 nitrogen and oxygen atoms in total. The molecule has 1 aromatic rings. The highest BCUT2D eigenvalue weighted by Crippen LogP contribution is 2.10. The van der Waals surface area contributed by atoms with Crippen LogP contribution in [0.15, 0.2) is 36.4 Å². The van der Waals surface area contributed by atoms with Gasteiger partial charge in [-0.2, -0.15) is 0 Å². The van der Waals surface area contributed by atoms with E-state index in [1.54, 1.807) is 24.3 Å². The van der Waals surface area contributed by atoms with Crippen molar-refractivity contribution in [1.29, 1.82) is 0 Å². The molecule has 0 bridgehead atoms. The zero-order chi connectivity index (χ0) is 21.9. The summed E-state index contributed by atoms with van der Waals surface area (Å²) < 4.78 is 0. The number of carbonyl (C=O) groups is 1. The van der Waals surface area contributed by atoms with E-state index in [0.717, 1.165) is 18.4 Å². The van der Waals surface area contributed by atoms with E-state index in [-0.39, 0.29) is 5.91 Å². The number of nitrogens with one attached hydrogen (secondary N) is 1. The summed E-state index contributed by atoms with van der Waals surface area (Å²) in [6.45, 7) is 2.74. The molecule has 0 aliphatic rings. The summed E-state index contributed by atoms with van der Waals surface area (Å²) in [5.74, 6) is 0.0823. The first kappa shape index (κ1) is 26.5. The maximum atomic E-state index is 11.9. The molecule has 0 fully saturated rings. The number of hydrogen-bond donors (Lipinski definition) is 3. The molecule has 1 aromatic carbocycles. The van der Waals surface area contributed by atoms with Crippen molar-refractivity contribution in [2.45, 2.75) is 103 Å². The number of carbonyl (C=O) groups excluding carboxylic acids is 1. The van der Waals surface area contributed by atoms with Gasteiger partial charge in [0.15, 0.2) is 0 Å². The van der Waals surface area contributed by atoms with Gasteiger partial charge in [-0.25, -0.2) is 0 Å². The average molecular weight is 415 g/mol. The SMILES string of the molecule is CCCCCCCCC=CCCCCCCCC(=O)NCc1ccc(B(O)O)cc1. The molecular weight excluding hydrogens is 373 g/mol. The van der Waals surface area contributed by atoms with Crippen molar-refractivity contribution in [3.05, 3.63) is 42.0 Å². The van der Waals surface area contributed by atoms with E-state index in [0.29, 0.717) is 18.4 Å². The van der Waals surface area contributed by atoms with Gasteiger partial charge < -0.3 is 15.4 Å². The number of hydrogen-bond acceptors (Lipinski definition) is 3. The molecular formula is C25H42BNO3. The molecule has 168 valence electrons. The second-order valence-corrected chi connectivity index (χ2v) is 8.23. The second-order valence-electron chi connectivity index (χ2n) is 8.23. The Hall–Kier alpha value is -1.59. The lowest BCUT2D eigenvalue weighted by Crippen LogP contribution is -2.29. The van der Waals surface area contributed by atoms with E-state index in [4.69, 9.17) is 10.0 Å². The molecule has 0 saturated heterocycles. The maximum Gasteiger partial charge on any atom is 0.488 e. The number of benzene rings is 1. The minimum absolute atomic E-state index is 0.0823. The van der Waals surface area contributed by atoms with Gasteiger partial charge in [-0.3, -0.25) is 4.79 Å². The van der Waals surface area contributed by atoms with Gasteiger partial charge in [-0.1, -0.05) is 94.7 Å². The fourth-order valence-electron chi connectivity index (χ4n) is 3.45. The number of allylic oxidation sites excluding steroid dienone is 2. The monoisotopic (exact) mass is 415 g/mol. The summed E-state index contributed by atoms with van der Waals surface area (Å²) in [6, 6.07) is 6.93. The fraction of sp³-hybridized carbons (Fsp3) is 0.640. The van der Waals surface area contributed by atoms with Crippen molar-refractivity contribution < 1.29 is 14.8 Å². The lowest BCUT2D eigenvalue weighted by Gasteiger charge is -2.06. The Balaban J connectivity index is 1.90. The van der Waals surface area contributed by atoms with Crippen LogP contribution in [0.3, 0.4) is 0 Å². The minimum atomic E-state index is -1.45. The summed E-state index contributed by atoms with van der Waals surface area (Å²) in [7, 11) is -1.45. The molecule has 0 spiro atoms. The van der Waals surface area contributed by atoms with Crippen LogP contribution in [0.4, 0.5) is 0 Å². The molecule has 0 unspecified atom stereocenters. The first-order chi connectivity index (χ1) is 14.6. The largest absolute Gasteiger partial charge is 0.488 e. The van der Waals surface area contributed by atoms with Gasteiger partial charge in [-0.15, -0.1) is 0 Å². The van der Waals surface area contributed by atoms with Gasteiger partial charge >= 0.3 is 7.12 Å². The molecule has 0 radical (unpaired) electrons. The molecule has 0 saturated carbocycles. The van der Waals surface area contributed by atoms with Crippen molar-refractivity contribution in [3.63, 3.8) is 0 Å². The highest BCUT2D eigenvalue weighted by Gasteiger charge is 2.09. The van der Waals surface area contributed by atoms with Crippen LogP contribution < -0.4 is 10.8 Å². The van der Waals surface area contributed by atoms with Crippen LogP contribution in [0.25, 0.3) is 0 Å². The lowest BCUT2D eigenvalue weighted by molar-refractivity contribution is -0.121. The van der Waals surface area contributed by atoms with E-state index in [9.17, 15) is 4.79 Å². The molecule has 0 aromatic heterocycles. The predicted octanol–water partition coefficient (Wildman–Crippen LogP) is 5.02. The number of unbranched alkanes of at least 4 members (excludes halogenated alkanes) is 11. The number of amides is 1. The van der Waals surface area contributed by atoms with Gasteiger partial charge in [-0.05, 0) is 43.1 Å².